The summed E-state index contributed by atoms with van der Waals surface area (Å²) in [6.45, 7) is 8.44. The van der Waals surface area contributed by atoms with Gasteiger partial charge in [-0.1, -0.05) is 20.8 Å². The van der Waals surface area contributed by atoms with Crippen LogP contribution in [-0.2, 0) is 26.5 Å². The first-order chi connectivity index (χ1) is 16.3. The Morgan fingerprint density at radius 1 is 1.09 bits per heavy atom. The molecule has 11 heteroatoms. The molecule has 1 atom stereocenters. The van der Waals surface area contributed by atoms with Crippen LogP contribution in [0.4, 0.5) is 13.9 Å². The van der Waals surface area contributed by atoms with Gasteiger partial charge in [-0.2, -0.15) is 4.37 Å². The summed E-state index contributed by atoms with van der Waals surface area (Å²) in [7, 11) is -3.73. The van der Waals surface area contributed by atoms with Crippen molar-refractivity contribution >= 4 is 32.4 Å². The van der Waals surface area contributed by atoms with Crippen LogP contribution in [0.25, 0.3) is 0 Å². The zero-order valence-electron chi connectivity index (χ0n) is 20.6. The summed E-state index contributed by atoms with van der Waals surface area (Å²) in [5.74, 6) is -1.61. The Morgan fingerprint density at radius 2 is 1.71 bits per heavy atom. The Morgan fingerprint density at radius 3 is 2.26 bits per heavy atom. The lowest BCUT2D eigenvalue weighted by Gasteiger charge is -2.42. The SMILES string of the molecule is CC(C)(C)c1nsc(N2CCC(N3CCC[C@H](Cc4c(F)cc(S(C)(=O)=O)cc4F)C3=O)CC2)n1. The lowest BCUT2D eigenvalue weighted by Crippen LogP contribution is -2.52. The molecule has 2 aliphatic heterocycles. The molecular weight excluding hydrogens is 494 g/mol. The number of sulfone groups is 1. The zero-order valence-corrected chi connectivity index (χ0v) is 22.2. The standard InChI is InChI=1S/C24H32F2N4O3S2/c1-24(2,3)22-27-23(34-28-22)29-10-7-16(8-11-29)30-9-5-6-15(21(30)31)12-18-19(25)13-17(14-20(18)26)35(4,32)33/h13-16H,5-12H2,1-4H3/t15-/m1/s1. The summed E-state index contributed by atoms with van der Waals surface area (Å²) in [6.07, 6.45) is 3.76. The van der Waals surface area contributed by atoms with E-state index in [1.165, 1.54) is 11.5 Å². The molecule has 1 aromatic heterocycles. The summed E-state index contributed by atoms with van der Waals surface area (Å²) in [5.41, 5.74) is -0.329. The molecule has 192 valence electrons. The van der Waals surface area contributed by atoms with Crippen molar-refractivity contribution in [2.75, 3.05) is 30.8 Å². The van der Waals surface area contributed by atoms with Crippen molar-refractivity contribution < 1.29 is 22.0 Å². The van der Waals surface area contributed by atoms with Crippen LogP contribution in [0.5, 0.6) is 0 Å². The van der Waals surface area contributed by atoms with E-state index in [4.69, 9.17) is 4.98 Å². The van der Waals surface area contributed by atoms with Gasteiger partial charge in [-0.25, -0.2) is 22.2 Å². The maximum atomic E-state index is 14.6. The number of piperidine rings is 2. The number of likely N-dealkylation sites (tertiary alicyclic amines) is 1. The average molecular weight is 527 g/mol. The van der Waals surface area contributed by atoms with Gasteiger partial charge >= 0.3 is 0 Å². The molecule has 4 rings (SSSR count). The van der Waals surface area contributed by atoms with Gasteiger partial charge in [0.05, 0.1) is 4.90 Å². The predicted molar refractivity (Wildman–Crippen MR) is 131 cm³/mol. The van der Waals surface area contributed by atoms with E-state index < -0.39 is 32.3 Å². The molecule has 1 aromatic carbocycles. The number of amides is 1. The Bertz CT molecular complexity index is 1180. The Kier molecular flexibility index (Phi) is 7.21. The van der Waals surface area contributed by atoms with E-state index in [1.54, 1.807) is 0 Å². The van der Waals surface area contributed by atoms with E-state index in [0.717, 1.165) is 61.7 Å². The molecule has 2 aromatic rings. The number of hydrogen-bond acceptors (Lipinski definition) is 7. The second-order valence-electron chi connectivity index (χ2n) is 10.6. The van der Waals surface area contributed by atoms with Crippen molar-refractivity contribution in [3.63, 3.8) is 0 Å². The van der Waals surface area contributed by atoms with Crippen LogP contribution in [0.15, 0.2) is 17.0 Å². The van der Waals surface area contributed by atoms with E-state index in [2.05, 4.69) is 30.0 Å². The number of carbonyl (C=O) groups is 1. The van der Waals surface area contributed by atoms with E-state index in [1.807, 2.05) is 4.90 Å². The van der Waals surface area contributed by atoms with Gasteiger partial charge in [-0.3, -0.25) is 4.79 Å². The first kappa shape index (κ1) is 25.9. The molecule has 0 spiro atoms. The maximum absolute atomic E-state index is 14.6. The summed E-state index contributed by atoms with van der Waals surface area (Å²) in [4.78, 5) is 21.7. The molecule has 35 heavy (non-hydrogen) atoms. The number of carbonyl (C=O) groups excluding carboxylic acids is 1. The molecule has 0 N–H and O–H groups in total. The van der Waals surface area contributed by atoms with E-state index >= 15 is 0 Å². The fraction of sp³-hybridized carbons (Fsp3) is 0.625. The molecule has 0 bridgehead atoms. The van der Waals surface area contributed by atoms with Gasteiger partial charge in [0.15, 0.2) is 9.84 Å². The first-order valence-corrected chi connectivity index (χ1v) is 14.6. The lowest BCUT2D eigenvalue weighted by atomic mass is 9.88. The van der Waals surface area contributed by atoms with Crippen LogP contribution in [0.3, 0.4) is 0 Å². The summed E-state index contributed by atoms with van der Waals surface area (Å²) < 4.78 is 57.0. The Hall–Kier alpha value is -2.14. The van der Waals surface area contributed by atoms with Crippen molar-refractivity contribution in [3.05, 3.63) is 35.2 Å². The highest BCUT2D eigenvalue weighted by Gasteiger charge is 2.36. The highest BCUT2D eigenvalue weighted by Crippen LogP contribution is 2.32. The van der Waals surface area contributed by atoms with Gasteiger partial charge < -0.3 is 9.80 Å². The molecule has 0 radical (unpaired) electrons. The highest BCUT2D eigenvalue weighted by atomic mass is 32.2. The second-order valence-corrected chi connectivity index (χ2v) is 13.3. The minimum absolute atomic E-state index is 0.0732. The quantitative estimate of drug-likeness (QED) is 0.586. The number of hydrogen-bond donors (Lipinski definition) is 0. The third kappa shape index (κ3) is 5.66. The fourth-order valence-corrected chi connectivity index (χ4v) is 6.32. The van der Waals surface area contributed by atoms with Crippen LogP contribution in [0.2, 0.25) is 0 Å². The van der Waals surface area contributed by atoms with Crippen LogP contribution >= 0.6 is 11.5 Å². The Balaban J connectivity index is 1.41. The summed E-state index contributed by atoms with van der Waals surface area (Å²) in [5, 5.41) is 0.903. The first-order valence-electron chi connectivity index (χ1n) is 11.9. The molecule has 2 fully saturated rings. The van der Waals surface area contributed by atoms with Crippen molar-refractivity contribution in [2.24, 2.45) is 5.92 Å². The number of aromatic nitrogens is 2. The molecule has 7 nitrogen and oxygen atoms in total. The van der Waals surface area contributed by atoms with Gasteiger partial charge in [0.25, 0.3) is 0 Å². The molecule has 0 saturated carbocycles. The normalized spacial score (nSPS) is 20.5. The minimum atomic E-state index is -3.73. The number of halogens is 2. The van der Waals surface area contributed by atoms with Gasteiger partial charge in [-0.05, 0) is 44.2 Å². The van der Waals surface area contributed by atoms with Crippen molar-refractivity contribution in [1.82, 2.24) is 14.3 Å². The molecule has 0 aliphatic carbocycles. The topological polar surface area (TPSA) is 83.5 Å². The smallest absolute Gasteiger partial charge is 0.226 e. The Labute approximate surface area is 209 Å². The summed E-state index contributed by atoms with van der Waals surface area (Å²) >= 11 is 1.40. The van der Waals surface area contributed by atoms with Crippen molar-refractivity contribution in [3.8, 4) is 0 Å². The second kappa shape index (κ2) is 9.72. The van der Waals surface area contributed by atoms with E-state index in [9.17, 15) is 22.0 Å². The average Bonchev–Trinajstić information content (AvgIpc) is 3.28. The zero-order chi connectivity index (χ0) is 25.5. The third-order valence-corrected chi connectivity index (χ3v) is 8.71. The third-order valence-electron chi connectivity index (χ3n) is 6.84. The molecule has 3 heterocycles. The van der Waals surface area contributed by atoms with Crippen LogP contribution in [0, 0.1) is 17.6 Å². The van der Waals surface area contributed by atoms with Crippen LogP contribution < -0.4 is 4.90 Å². The molecule has 2 aliphatic rings. The van der Waals surface area contributed by atoms with E-state index in [-0.39, 0.29) is 29.3 Å². The number of nitrogens with zero attached hydrogens (tertiary/aromatic N) is 4. The number of anilines is 1. The van der Waals surface area contributed by atoms with Crippen LogP contribution in [-0.4, -0.2) is 60.5 Å². The maximum Gasteiger partial charge on any atom is 0.226 e. The summed E-state index contributed by atoms with van der Waals surface area (Å²) in [6, 6.07) is 1.76. The molecule has 0 unspecified atom stereocenters. The van der Waals surface area contributed by atoms with Gasteiger partial charge in [0, 0.05) is 60.4 Å². The molecular formula is C24H32F2N4O3S2. The minimum Gasteiger partial charge on any atom is -0.347 e. The van der Waals surface area contributed by atoms with Crippen LogP contribution in [0.1, 0.15) is 57.8 Å². The molecule has 1 amide bonds. The highest BCUT2D eigenvalue weighted by molar-refractivity contribution is 7.90. The fourth-order valence-electron chi connectivity index (χ4n) is 4.78. The largest absolute Gasteiger partial charge is 0.347 e. The van der Waals surface area contributed by atoms with Gasteiger partial charge in [-0.15, -0.1) is 0 Å². The molecule has 2 saturated heterocycles. The number of benzene rings is 1. The van der Waals surface area contributed by atoms with Gasteiger partial charge in [0.2, 0.25) is 11.0 Å². The lowest BCUT2D eigenvalue weighted by molar-refractivity contribution is -0.141. The predicted octanol–water partition coefficient (Wildman–Crippen LogP) is 3.97. The number of rotatable bonds is 5. The van der Waals surface area contributed by atoms with Crippen molar-refractivity contribution in [2.45, 2.75) is 69.2 Å². The van der Waals surface area contributed by atoms with Gasteiger partial charge in [0.1, 0.15) is 17.5 Å². The van der Waals surface area contributed by atoms with Crippen molar-refractivity contribution in [1.29, 1.82) is 0 Å². The van der Waals surface area contributed by atoms with E-state index in [0.29, 0.717) is 13.0 Å². The monoisotopic (exact) mass is 526 g/mol.